The largest absolute Gasteiger partial charge is 0.326 e. The van der Waals surface area contributed by atoms with Gasteiger partial charge in [-0.2, -0.15) is 0 Å². The number of piperidine rings is 1. The number of carbonyl (C=O) groups is 1. The number of anilines is 1. The molecule has 0 atom stereocenters. The molecule has 0 unspecified atom stereocenters. The lowest BCUT2D eigenvalue weighted by Gasteiger charge is -2.31. The van der Waals surface area contributed by atoms with E-state index < -0.39 is 0 Å². The summed E-state index contributed by atoms with van der Waals surface area (Å²) in [4.78, 5) is 14.8. The van der Waals surface area contributed by atoms with Crippen LogP contribution in [0.5, 0.6) is 0 Å². The van der Waals surface area contributed by atoms with E-state index in [1.165, 1.54) is 24.5 Å². The molecule has 0 bridgehead atoms. The summed E-state index contributed by atoms with van der Waals surface area (Å²) in [5, 5.41) is 3.45. The van der Waals surface area contributed by atoms with Gasteiger partial charge in [-0.3, -0.25) is 9.69 Å². The summed E-state index contributed by atoms with van der Waals surface area (Å²) in [5.74, 6) is -0.181. The predicted octanol–water partition coefficient (Wildman–Crippen LogP) is 5.67. The van der Waals surface area contributed by atoms with Gasteiger partial charge in [0.25, 0.3) is 0 Å². The van der Waals surface area contributed by atoms with Gasteiger partial charge in [-0.25, -0.2) is 4.39 Å². The van der Waals surface area contributed by atoms with Crippen molar-refractivity contribution in [1.82, 2.24) is 4.90 Å². The topological polar surface area (TPSA) is 32.3 Å². The van der Waals surface area contributed by atoms with Crippen molar-refractivity contribution < 1.29 is 9.18 Å². The third kappa shape index (κ3) is 5.79. The Labute approximate surface area is 171 Å². The molecule has 3 rings (SSSR count). The molecule has 0 saturated carbocycles. The maximum absolute atomic E-state index is 14.0. The highest BCUT2D eigenvalue weighted by atomic mass is 35.5. The quantitative estimate of drug-likeness (QED) is 0.646. The summed E-state index contributed by atoms with van der Waals surface area (Å²) in [7, 11) is 0. The fraction of sp³-hybridized carbons (Fsp3) is 0.435. The second kappa shape index (κ2) is 10.0. The summed E-state index contributed by atoms with van der Waals surface area (Å²) in [6.45, 7) is 4.31. The number of hydrogen-bond acceptors (Lipinski definition) is 2. The molecule has 5 heteroatoms. The van der Waals surface area contributed by atoms with Gasteiger partial charge in [-0.1, -0.05) is 43.1 Å². The Bertz CT molecular complexity index is 786. The molecule has 2 aromatic rings. The maximum Gasteiger partial charge on any atom is 0.227 e. The van der Waals surface area contributed by atoms with Crippen molar-refractivity contribution in [2.24, 2.45) is 5.92 Å². The zero-order chi connectivity index (χ0) is 19.9. The van der Waals surface area contributed by atoms with Crippen LogP contribution < -0.4 is 5.32 Å². The van der Waals surface area contributed by atoms with Crippen molar-refractivity contribution in [3.8, 4) is 0 Å². The van der Waals surface area contributed by atoms with E-state index in [9.17, 15) is 9.18 Å². The average Bonchev–Trinajstić information content (AvgIpc) is 2.70. The second-order valence-corrected chi connectivity index (χ2v) is 8.01. The van der Waals surface area contributed by atoms with Gasteiger partial charge in [-0.05, 0) is 68.6 Å². The van der Waals surface area contributed by atoms with E-state index in [0.29, 0.717) is 17.1 Å². The fourth-order valence-corrected chi connectivity index (χ4v) is 3.78. The van der Waals surface area contributed by atoms with Crippen molar-refractivity contribution in [3.63, 3.8) is 0 Å². The lowest BCUT2D eigenvalue weighted by molar-refractivity contribution is -0.121. The van der Waals surface area contributed by atoms with E-state index in [2.05, 4.69) is 29.3 Å². The number of unbranched alkanes of at least 4 members (excludes halogenated alkanes) is 1. The Morgan fingerprint density at radius 1 is 1.18 bits per heavy atom. The van der Waals surface area contributed by atoms with E-state index in [0.717, 1.165) is 38.0 Å². The molecular formula is C23H28ClFN2O. The van der Waals surface area contributed by atoms with Gasteiger partial charge in [0.1, 0.15) is 5.82 Å². The second-order valence-electron chi connectivity index (χ2n) is 7.58. The van der Waals surface area contributed by atoms with Gasteiger partial charge < -0.3 is 5.32 Å². The number of amides is 1. The highest BCUT2D eigenvalue weighted by molar-refractivity contribution is 6.30. The average molecular weight is 403 g/mol. The lowest BCUT2D eigenvalue weighted by atomic mass is 9.95. The van der Waals surface area contributed by atoms with Crippen LogP contribution in [0.4, 0.5) is 10.1 Å². The first-order valence-electron chi connectivity index (χ1n) is 10.1. The van der Waals surface area contributed by atoms with Crippen LogP contribution in [0.3, 0.4) is 0 Å². The molecule has 0 aliphatic carbocycles. The molecule has 2 aromatic carbocycles. The summed E-state index contributed by atoms with van der Waals surface area (Å²) in [5.41, 5.74) is 2.81. The van der Waals surface area contributed by atoms with Crippen molar-refractivity contribution in [2.75, 3.05) is 18.4 Å². The van der Waals surface area contributed by atoms with Crippen LogP contribution in [0.1, 0.15) is 43.7 Å². The molecular weight excluding hydrogens is 375 g/mol. The number of halogens is 2. The molecule has 1 amide bonds. The standard InChI is InChI=1S/C23H28ClFN2O/c1-2-3-4-17-5-9-21(10-6-17)26-23(28)18-11-13-27(14-12-18)16-19-7-8-20(24)15-22(19)25/h5-10,15,18H,2-4,11-14,16H2,1H3,(H,26,28). The highest BCUT2D eigenvalue weighted by Gasteiger charge is 2.25. The minimum absolute atomic E-state index is 0.00563. The molecule has 28 heavy (non-hydrogen) atoms. The zero-order valence-corrected chi connectivity index (χ0v) is 17.1. The Morgan fingerprint density at radius 2 is 1.89 bits per heavy atom. The minimum atomic E-state index is -0.269. The summed E-state index contributed by atoms with van der Waals surface area (Å²) in [6.07, 6.45) is 5.02. The molecule has 1 heterocycles. The van der Waals surface area contributed by atoms with Gasteiger partial charge in [0.2, 0.25) is 5.91 Å². The van der Waals surface area contributed by atoms with Crippen molar-refractivity contribution in [1.29, 1.82) is 0 Å². The van der Waals surface area contributed by atoms with E-state index in [-0.39, 0.29) is 17.6 Å². The number of nitrogens with zero attached hydrogens (tertiary/aromatic N) is 1. The van der Waals surface area contributed by atoms with Crippen LogP contribution in [0.15, 0.2) is 42.5 Å². The van der Waals surface area contributed by atoms with E-state index in [1.54, 1.807) is 12.1 Å². The van der Waals surface area contributed by atoms with Crippen LogP contribution in [0.2, 0.25) is 5.02 Å². The normalized spacial score (nSPS) is 15.5. The number of aryl methyl sites for hydroxylation is 1. The number of nitrogens with one attached hydrogen (secondary N) is 1. The lowest BCUT2D eigenvalue weighted by Crippen LogP contribution is -2.37. The number of benzene rings is 2. The van der Waals surface area contributed by atoms with Gasteiger partial charge in [0, 0.05) is 28.7 Å². The summed E-state index contributed by atoms with van der Waals surface area (Å²) < 4.78 is 14.0. The van der Waals surface area contributed by atoms with E-state index >= 15 is 0 Å². The molecule has 1 N–H and O–H groups in total. The van der Waals surface area contributed by atoms with Crippen LogP contribution >= 0.6 is 11.6 Å². The van der Waals surface area contributed by atoms with Gasteiger partial charge in [-0.15, -0.1) is 0 Å². The first-order valence-corrected chi connectivity index (χ1v) is 10.5. The number of rotatable bonds is 7. The maximum atomic E-state index is 14.0. The van der Waals surface area contributed by atoms with Crippen LogP contribution in [0.25, 0.3) is 0 Å². The van der Waals surface area contributed by atoms with Crippen molar-refractivity contribution in [3.05, 3.63) is 64.4 Å². The van der Waals surface area contributed by atoms with E-state index in [4.69, 9.17) is 11.6 Å². The number of likely N-dealkylation sites (tertiary alicyclic amines) is 1. The van der Waals surface area contributed by atoms with Gasteiger partial charge in [0.05, 0.1) is 0 Å². The third-order valence-corrected chi connectivity index (χ3v) is 5.64. The van der Waals surface area contributed by atoms with Crippen molar-refractivity contribution in [2.45, 2.75) is 45.6 Å². The molecule has 3 nitrogen and oxygen atoms in total. The number of carbonyl (C=O) groups excluding carboxylic acids is 1. The predicted molar refractivity (Wildman–Crippen MR) is 113 cm³/mol. The molecule has 0 aromatic heterocycles. The minimum Gasteiger partial charge on any atom is -0.326 e. The molecule has 1 fully saturated rings. The highest BCUT2D eigenvalue weighted by Crippen LogP contribution is 2.23. The SMILES string of the molecule is CCCCc1ccc(NC(=O)C2CCN(Cc3ccc(Cl)cc3F)CC2)cc1. The Morgan fingerprint density at radius 3 is 2.54 bits per heavy atom. The smallest absolute Gasteiger partial charge is 0.227 e. The molecule has 1 aliphatic heterocycles. The molecule has 150 valence electrons. The molecule has 1 aliphatic rings. The van der Waals surface area contributed by atoms with Crippen LogP contribution in [-0.2, 0) is 17.8 Å². The summed E-state index contributed by atoms with van der Waals surface area (Å²) in [6, 6.07) is 13.0. The Kier molecular flexibility index (Phi) is 7.46. The van der Waals surface area contributed by atoms with Crippen LogP contribution in [-0.4, -0.2) is 23.9 Å². The molecule has 1 saturated heterocycles. The third-order valence-electron chi connectivity index (χ3n) is 5.41. The van der Waals surface area contributed by atoms with E-state index in [1.807, 2.05) is 12.1 Å². The van der Waals surface area contributed by atoms with Gasteiger partial charge in [0.15, 0.2) is 0 Å². The first kappa shape index (κ1) is 20.8. The first-order chi connectivity index (χ1) is 13.5. The Hall–Kier alpha value is -1.91. The fourth-order valence-electron chi connectivity index (χ4n) is 3.62. The number of hydrogen-bond donors (Lipinski definition) is 1. The molecule has 0 spiro atoms. The van der Waals surface area contributed by atoms with Crippen molar-refractivity contribution >= 4 is 23.2 Å². The van der Waals surface area contributed by atoms with Gasteiger partial charge >= 0.3 is 0 Å². The monoisotopic (exact) mass is 402 g/mol. The molecule has 0 radical (unpaired) electrons. The zero-order valence-electron chi connectivity index (χ0n) is 16.4. The Balaban J connectivity index is 1.47. The van der Waals surface area contributed by atoms with Crippen LogP contribution in [0, 0.1) is 11.7 Å². The summed E-state index contributed by atoms with van der Waals surface area (Å²) >= 11 is 5.81.